The number of rotatable bonds is 3. The van der Waals surface area contributed by atoms with Crippen LogP contribution in [0.25, 0.3) is 0 Å². The summed E-state index contributed by atoms with van der Waals surface area (Å²) in [5.74, 6) is -1.19. The highest BCUT2D eigenvalue weighted by Gasteiger charge is 2.17. The monoisotopic (exact) mass is 265 g/mol. The van der Waals surface area contributed by atoms with E-state index in [0.29, 0.717) is 0 Å². The van der Waals surface area contributed by atoms with Gasteiger partial charge in [0.05, 0.1) is 11.6 Å². The van der Waals surface area contributed by atoms with E-state index in [2.05, 4.69) is 15.9 Å². The summed E-state index contributed by atoms with van der Waals surface area (Å²) < 4.78 is 31.6. The smallest absolute Gasteiger partial charge is 0.166 e. The van der Waals surface area contributed by atoms with Gasteiger partial charge in [-0.2, -0.15) is 0 Å². The third-order valence-electron chi connectivity index (χ3n) is 1.82. The molecule has 0 aliphatic carbocycles. The predicted octanol–water partition coefficient (Wildman–Crippen LogP) is 2.24. The molecule has 0 bridgehead atoms. The quantitative estimate of drug-likeness (QED) is 0.851. The van der Waals surface area contributed by atoms with Gasteiger partial charge in [-0.15, -0.1) is 0 Å². The van der Waals surface area contributed by atoms with E-state index in [1.807, 2.05) is 0 Å². The van der Waals surface area contributed by atoms with Crippen LogP contribution in [-0.4, -0.2) is 13.7 Å². The maximum absolute atomic E-state index is 13.5. The van der Waals surface area contributed by atoms with Gasteiger partial charge in [0.25, 0.3) is 0 Å². The van der Waals surface area contributed by atoms with Gasteiger partial charge in [-0.3, -0.25) is 0 Å². The largest absolute Gasteiger partial charge is 0.493 e. The summed E-state index contributed by atoms with van der Waals surface area (Å²) in [4.78, 5) is 0. The SMILES string of the molecule is COc1c(F)cc(Br)c(F)c1CCN. The van der Waals surface area contributed by atoms with E-state index in [9.17, 15) is 8.78 Å². The lowest BCUT2D eigenvalue weighted by atomic mass is 10.1. The summed E-state index contributed by atoms with van der Waals surface area (Å²) in [7, 11) is 1.30. The fraction of sp³-hybridized carbons (Fsp3) is 0.333. The lowest BCUT2D eigenvalue weighted by molar-refractivity contribution is 0.375. The van der Waals surface area contributed by atoms with Crippen molar-refractivity contribution >= 4 is 15.9 Å². The van der Waals surface area contributed by atoms with Crippen LogP contribution in [0.4, 0.5) is 8.78 Å². The topological polar surface area (TPSA) is 35.2 Å². The average molecular weight is 266 g/mol. The lowest BCUT2D eigenvalue weighted by Crippen LogP contribution is -2.08. The normalized spacial score (nSPS) is 10.4. The first-order chi connectivity index (χ1) is 6.61. The molecule has 0 atom stereocenters. The van der Waals surface area contributed by atoms with Crippen molar-refractivity contribution in [3.05, 3.63) is 27.7 Å². The molecule has 2 nitrogen and oxygen atoms in total. The van der Waals surface area contributed by atoms with Crippen molar-refractivity contribution < 1.29 is 13.5 Å². The summed E-state index contributed by atoms with van der Waals surface area (Å²) in [6.45, 7) is 0.239. The van der Waals surface area contributed by atoms with Gasteiger partial charge in [-0.25, -0.2) is 8.78 Å². The van der Waals surface area contributed by atoms with Gasteiger partial charge in [0, 0.05) is 5.56 Å². The molecule has 2 N–H and O–H groups in total. The summed E-state index contributed by atoms with van der Waals surface area (Å²) in [6.07, 6.45) is 0.241. The zero-order chi connectivity index (χ0) is 10.7. The molecule has 0 amide bonds. The van der Waals surface area contributed by atoms with Crippen LogP contribution >= 0.6 is 15.9 Å². The van der Waals surface area contributed by atoms with Gasteiger partial charge >= 0.3 is 0 Å². The molecule has 0 saturated carbocycles. The second kappa shape index (κ2) is 4.70. The van der Waals surface area contributed by atoms with Crippen LogP contribution in [0.1, 0.15) is 5.56 Å². The predicted molar refractivity (Wildman–Crippen MR) is 53.4 cm³/mol. The van der Waals surface area contributed by atoms with Crippen LogP contribution in [0.5, 0.6) is 5.75 Å². The zero-order valence-electron chi connectivity index (χ0n) is 7.61. The van der Waals surface area contributed by atoms with E-state index < -0.39 is 11.6 Å². The van der Waals surface area contributed by atoms with Crippen molar-refractivity contribution in [2.75, 3.05) is 13.7 Å². The summed E-state index contributed by atoms with van der Waals surface area (Å²) in [5, 5.41) is 0. The number of hydrogen-bond donors (Lipinski definition) is 1. The highest BCUT2D eigenvalue weighted by molar-refractivity contribution is 9.10. The Labute approximate surface area is 89.2 Å². The van der Waals surface area contributed by atoms with Crippen molar-refractivity contribution in [1.82, 2.24) is 0 Å². The van der Waals surface area contributed by atoms with E-state index >= 15 is 0 Å². The van der Waals surface area contributed by atoms with Gasteiger partial charge in [0.15, 0.2) is 11.6 Å². The molecule has 0 unspecified atom stereocenters. The summed E-state index contributed by atoms with van der Waals surface area (Å²) in [6, 6.07) is 1.04. The van der Waals surface area contributed by atoms with E-state index in [-0.39, 0.29) is 28.8 Å². The van der Waals surface area contributed by atoms with Crippen LogP contribution in [0, 0.1) is 11.6 Å². The standard InChI is InChI=1S/C9H10BrF2NO/c1-14-9-5(2-3-13)8(12)6(10)4-7(9)11/h4H,2-3,13H2,1H3. The molecule has 1 aromatic carbocycles. The molecule has 14 heavy (non-hydrogen) atoms. The molecule has 5 heteroatoms. The van der Waals surface area contributed by atoms with Crippen LogP contribution < -0.4 is 10.5 Å². The third-order valence-corrected chi connectivity index (χ3v) is 2.39. The van der Waals surface area contributed by atoms with Gasteiger partial charge in [-0.1, -0.05) is 0 Å². The van der Waals surface area contributed by atoms with Gasteiger partial charge < -0.3 is 10.5 Å². The Morgan fingerprint density at radius 1 is 1.50 bits per heavy atom. The lowest BCUT2D eigenvalue weighted by Gasteiger charge is -2.10. The van der Waals surface area contributed by atoms with Crippen molar-refractivity contribution in [2.24, 2.45) is 5.73 Å². The van der Waals surface area contributed by atoms with Crippen molar-refractivity contribution in [1.29, 1.82) is 0 Å². The first-order valence-corrected chi connectivity index (χ1v) is 4.81. The fourth-order valence-corrected chi connectivity index (χ4v) is 1.66. The van der Waals surface area contributed by atoms with E-state index in [1.165, 1.54) is 7.11 Å². The molecule has 0 heterocycles. The van der Waals surface area contributed by atoms with Crippen molar-refractivity contribution in [3.8, 4) is 5.75 Å². The Bertz CT molecular complexity index is 344. The molecule has 1 aromatic rings. The van der Waals surface area contributed by atoms with E-state index in [0.717, 1.165) is 6.07 Å². The minimum Gasteiger partial charge on any atom is -0.493 e. The zero-order valence-corrected chi connectivity index (χ0v) is 9.20. The number of halogens is 3. The van der Waals surface area contributed by atoms with Crippen molar-refractivity contribution in [3.63, 3.8) is 0 Å². The number of hydrogen-bond acceptors (Lipinski definition) is 2. The number of ether oxygens (including phenoxy) is 1. The van der Waals surface area contributed by atoms with Crippen LogP contribution in [-0.2, 0) is 6.42 Å². The highest BCUT2D eigenvalue weighted by atomic mass is 79.9. The van der Waals surface area contributed by atoms with Gasteiger partial charge in [0.1, 0.15) is 5.82 Å². The molecule has 0 aliphatic heterocycles. The Hall–Kier alpha value is -0.680. The van der Waals surface area contributed by atoms with Crippen LogP contribution in [0.15, 0.2) is 10.5 Å². The molecule has 78 valence electrons. The highest BCUT2D eigenvalue weighted by Crippen LogP contribution is 2.30. The molecule has 0 saturated heterocycles. The summed E-state index contributed by atoms with van der Waals surface area (Å²) >= 11 is 2.92. The molecule has 0 spiro atoms. The van der Waals surface area contributed by atoms with Crippen molar-refractivity contribution in [2.45, 2.75) is 6.42 Å². The number of benzene rings is 1. The molecular formula is C9H10BrF2NO. The fourth-order valence-electron chi connectivity index (χ4n) is 1.22. The Morgan fingerprint density at radius 3 is 2.64 bits per heavy atom. The molecule has 0 fully saturated rings. The molecule has 0 radical (unpaired) electrons. The maximum Gasteiger partial charge on any atom is 0.166 e. The Kier molecular flexibility index (Phi) is 3.83. The molecule has 1 rings (SSSR count). The average Bonchev–Trinajstić information content (AvgIpc) is 2.14. The second-order valence-electron chi connectivity index (χ2n) is 2.70. The first kappa shape index (κ1) is 11.4. The minimum atomic E-state index is -0.593. The Balaban J connectivity index is 3.32. The van der Waals surface area contributed by atoms with Gasteiger partial charge in [-0.05, 0) is 35.0 Å². The second-order valence-corrected chi connectivity index (χ2v) is 3.56. The molecule has 0 aromatic heterocycles. The first-order valence-electron chi connectivity index (χ1n) is 4.02. The molecule has 0 aliphatic rings. The van der Waals surface area contributed by atoms with Gasteiger partial charge in [0.2, 0.25) is 0 Å². The number of methoxy groups -OCH3 is 1. The maximum atomic E-state index is 13.5. The summed E-state index contributed by atoms with van der Waals surface area (Å²) in [5.41, 5.74) is 5.46. The van der Waals surface area contributed by atoms with E-state index in [4.69, 9.17) is 10.5 Å². The third kappa shape index (κ3) is 2.04. The molecular weight excluding hydrogens is 256 g/mol. The minimum absolute atomic E-state index is 0.0730. The Morgan fingerprint density at radius 2 is 2.14 bits per heavy atom. The van der Waals surface area contributed by atoms with E-state index in [1.54, 1.807) is 0 Å². The van der Waals surface area contributed by atoms with Crippen LogP contribution in [0.3, 0.4) is 0 Å². The number of nitrogens with two attached hydrogens (primary N) is 1. The van der Waals surface area contributed by atoms with Crippen LogP contribution in [0.2, 0.25) is 0 Å².